The van der Waals surface area contributed by atoms with Gasteiger partial charge >= 0.3 is 0 Å². The van der Waals surface area contributed by atoms with Crippen LogP contribution in [0.5, 0.6) is 0 Å². The molecule has 14 heavy (non-hydrogen) atoms. The summed E-state index contributed by atoms with van der Waals surface area (Å²) in [6.45, 7) is 3.91. The van der Waals surface area contributed by atoms with E-state index in [1.807, 2.05) is 13.8 Å². The van der Waals surface area contributed by atoms with Gasteiger partial charge in [0.1, 0.15) is 0 Å². The molecule has 0 fully saturated rings. The summed E-state index contributed by atoms with van der Waals surface area (Å²) in [6, 6.07) is 1.83. The smallest absolute Gasteiger partial charge is 0.261 e. The highest BCUT2D eigenvalue weighted by Gasteiger charge is 2.05. The third kappa shape index (κ3) is 1.28. The number of aromatic nitrogens is 3. The molecule has 0 N–H and O–H groups in total. The van der Waals surface area contributed by atoms with Crippen LogP contribution in [0.2, 0.25) is 0 Å². The Labute approximate surface area is 81.2 Å². The van der Waals surface area contributed by atoms with Crippen LogP contribution in [0.15, 0.2) is 29.6 Å². The zero-order valence-corrected chi connectivity index (χ0v) is 8.14. The number of hydrogen-bond acceptors (Lipinski definition) is 3. The molecule has 0 bridgehead atoms. The van der Waals surface area contributed by atoms with Crippen LogP contribution in [0.1, 0.15) is 19.9 Å². The number of rotatable bonds is 1. The first kappa shape index (κ1) is 8.87. The largest absolute Gasteiger partial charge is 0.296 e. The van der Waals surface area contributed by atoms with Crippen LogP contribution in [-0.2, 0) is 0 Å². The Balaban J connectivity index is 2.82. The molecular formula is C10H11N3O. The Morgan fingerprint density at radius 1 is 1.43 bits per heavy atom. The second-order valence-corrected chi connectivity index (χ2v) is 3.44. The number of hydrogen-bond donors (Lipinski definition) is 0. The van der Waals surface area contributed by atoms with Crippen molar-refractivity contribution in [3.63, 3.8) is 0 Å². The minimum atomic E-state index is -0.00704. The van der Waals surface area contributed by atoms with Crippen LogP contribution in [0.25, 0.3) is 10.9 Å². The maximum atomic E-state index is 11.9. The lowest BCUT2D eigenvalue weighted by molar-refractivity contribution is 0.573. The fraction of sp³-hybridized carbons (Fsp3) is 0.300. The Morgan fingerprint density at radius 2 is 2.21 bits per heavy atom. The van der Waals surface area contributed by atoms with E-state index in [4.69, 9.17) is 0 Å². The summed E-state index contributed by atoms with van der Waals surface area (Å²) in [5, 5.41) is 0.621. The average Bonchev–Trinajstić information content (AvgIpc) is 2.18. The fourth-order valence-corrected chi connectivity index (χ4v) is 1.35. The van der Waals surface area contributed by atoms with Gasteiger partial charge in [0.15, 0.2) is 0 Å². The monoisotopic (exact) mass is 189 g/mol. The van der Waals surface area contributed by atoms with Crippen LogP contribution < -0.4 is 5.56 Å². The van der Waals surface area contributed by atoms with Crippen molar-refractivity contribution in [1.82, 2.24) is 14.5 Å². The average molecular weight is 189 g/mol. The zero-order chi connectivity index (χ0) is 10.1. The van der Waals surface area contributed by atoms with E-state index < -0.39 is 0 Å². The highest BCUT2D eigenvalue weighted by atomic mass is 16.1. The minimum absolute atomic E-state index is 0.00704. The topological polar surface area (TPSA) is 47.8 Å². The summed E-state index contributed by atoms with van der Waals surface area (Å²) in [5.74, 6) is 0. The first-order valence-corrected chi connectivity index (χ1v) is 4.51. The molecule has 2 heterocycles. The molecule has 0 unspecified atom stereocenters. The van der Waals surface area contributed by atoms with Gasteiger partial charge in [-0.3, -0.25) is 14.3 Å². The fourth-order valence-electron chi connectivity index (χ4n) is 1.35. The summed E-state index contributed by atoms with van der Waals surface area (Å²) < 4.78 is 1.61. The van der Waals surface area contributed by atoms with Crippen LogP contribution in [0.4, 0.5) is 0 Å². The maximum absolute atomic E-state index is 11.9. The highest BCUT2D eigenvalue weighted by molar-refractivity contribution is 5.75. The Hall–Kier alpha value is -1.71. The second-order valence-electron chi connectivity index (χ2n) is 3.44. The molecule has 0 saturated heterocycles. The normalized spacial score (nSPS) is 11.1. The van der Waals surface area contributed by atoms with Gasteiger partial charge in [-0.15, -0.1) is 0 Å². The van der Waals surface area contributed by atoms with Gasteiger partial charge in [-0.1, -0.05) is 0 Å². The summed E-state index contributed by atoms with van der Waals surface area (Å²) in [6.07, 6.45) is 4.77. The zero-order valence-electron chi connectivity index (χ0n) is 8.14. The van der Waals surface area contributed by atoms with Gasteiger partial charge in [-0.25, -0.2) is 4.98 Å². The van der Waals surface area contributed by atoms with Gasteiger partial charge < -0.3 is 0 Å². The van der Waals surface area contributed by atoms with E-state index in [1.165, 1.54) is 0 Å². The van der Waals surface area contributed by atoms with Gasteiger partial charge in [0.05, 0.1) is 23.4 Å². The second kappa shape index (κ2) is 3.21. The molecule has 2 aromatic rings. The van der Waals surface area contributed by atoms with E-state index in [0.717, 1.165) is 0 Å². The highest BCUT2D eigenvalue weighted by Crippen LogP contribution is 2.05. The van der Waals surface area contributed by atoms with Crippen LogP contribution >= 0.6 is 0 Å². The molecule has 0 amide bonds. The van der Waals surface area contributed by atoms with E-state index in [9.17, 15) is 4.79 Å². The molecule has 0 radical (unpaired) electrons. The molecule has 0 atom stereocenters. The summed E-state index contributed by atoms with van der Waals surface area (Å²) in [5.41, 5.74) is 0.641. The molecule has 0 aliphatic heterocycles. The van der Waals surface area contributed by atoms with Gasteiger partial charge in [-0.2, -0.15) is 0 Å². The van der Waals surface area contributed by atoms with Crippen molar-refractivity contribution in [2.45, 2.75) is 19.9 Å². The molecule has 0 aromatic carbocycles. The molecule has 2 aromatic heterocycles. The van der Waals surface area contributed by atoms with Crippen LogP contribution in [0, 0.1) is 0 Å². The van der Waals surface area contributed by atoms with E-state index in [1.54, 1.807) is 29.4 Å². The van der Waals surface area contributed by atoms with Crippen LogP contribution in [-0.4, -0.2) is 14.5 Å². The van der Waals surface area contributed by atoms with Gasteiger partial charge in [0, 0.05) is 12.2 Å². The summed E-state index contributed by atoms with van der Waals surface area (Å²) in [4.78, 5) is 19.9. The van der Waals surface area contributed by atoms with Crippen molar-refractivity contribution in [1.29, 1.82) is 0 Å². The first-order chi connectivity index (χ1) is 6.70. The molecule has 0 aliphatic rings. The Kier molecular flexibility index (Phi) is 2.04. The Bertz CT molecular complexity index is 516. The summed E-state index contributed by atoms with van der Waals surface area (Å²) in [7, 11) is 0. The lowest BCUT2D eigenvalue weighted by Crippen LogP contribution is -2.22. The molecule has 2 rings (SSSR count). The lowest BCUT2D eigenvalue weighted by Gasteiger charge is -2.08. The quantitative estimate of drug-likeness (QED) is 0.680. The Morgan fingerprint density at radius 3 is 2.93 bits per heavy atom. The van der Waals surface area contributed by atoms with Crippen LogP contribution in [0.3, 0.4) is 0 Å². The van der Waals surface area contributed by atoms with Crippen molar-refractivity contribution in [2.75, 3.05) is 0 Å². The molecule has 0 spiro atoms. The molecule has 4 nitrogen and oxygen atoms in total. The molecular weight excluding hydrogens is 178 g/mol. The van der Waals surface area contributed by atoms with E-state index >= 15 is 0 Å². The van der Waals surface area contributed by atoms with Gasteiger partial charge in [0.2, 0.25) is 0 Å². The lowest BCUT2D eigenvalue weighted by atomic mass is 10.3. The van der Waals surface area contributed by atoms with Crippen molar-refractivity contribution in [2.24, 2.45) is 0 Å². The SMILES string of the molecule is CC(C)n1cnc2cnccc2c1=O. The van der Waals surface area contributed by atoms with E-state index in [2.05, 4.69) is 9.97 Å². The maximum Gasteiger partial charge on any atom is 0.261 e. The number of nitrogens with zero attached hydrogens (tertiary/aromatic N) is 3. The third-order valence-electron chi connectivity index (χ3n) is 2.14. The van der Waals surface area contributed by atoms with Crippen molar-refractivity contribution >= 4 is 10.9 Å². The predicted octanol–water partition coefficient (Wildman–Crippen LogP) is 1.37. The molecule has 0 saturated carbocycles. The van der Waals surface area contributed by atoms with Crippen molar-refractivity contribution < 1.29 is 0 Å². The number of pyridine rings is 1. The molecule has 72 valence electrons. The van der Waals surface area contributed by atoms with Crippen molar-refractivity contribution in [3.05, 3.63) is 35.1 Å². The third-order valence-corrected chi connectivity index (χ3v) is 2.14. The molecule has 4 heteroatoms. The minimum Gasteiger partial charge on any atom is -0.296 e. The first-order valence-electron chi connectivity index (χ1n) is 4.51. The predicted molar refractivity (Wildman–Crippen MR) is 54.2 cm³/mol. The van der Waals surface area contributed by atoms with Crippen molar-refractivity contribution in [3.8, 4) is 0 Å². The van der Waals surface area contributed by atoms with E-state index in [-0.39, 0.29) is 11.6 Å². The van der Waals surface area contributed by atoms with E-state index in [0.29, 0.717) is 10.9 Å². The van der Waals surface area contributed by atoms with Gasteiger partial charge in [0.25, 0.3) is 5.56 Å². The molecule has 0 aliphatic carbocycles. The van der Waals surface area contributed by atoms with Gasteiger partial charge in [-0.05, 0) is 19.9 Å². The number of fused-ring (bicyclic) bond motifs is 1. The summed E-state index contributed by atoms with van der Waals surface area (Å²) >= 11 is 0. The standard InChI is InChI=1S/C10H11N3O/c1-7(2)13-6-12-9-5-11-4-3-8(9)10(13)14/h3-7H,1-2H3.